The predicted molar refractivity (Wildman–Crippen MR) is 73.7 cm³/mol. The van der Waals surface area contributed by atoms with Crippen molar-refractivity contribution in [3.8, 4) is 0 Å². The Morgan fingerprint density at radius 2 is 2.18 bits per heavy atom. The van der Waals surface area contributed by atoms with Crippen molar-refractivity contribution in [2.45, 2.75) is 18.1 Å². The van der Waals surface area contributed by atoms with E-state index in [9.17, 15) is 4.79 Å². The summed E-state index contributed by atoms with van der Waals surface area (Å²) in [7, 11) is 0. The SMILES string of the molecule is CS[C@@H]1CCN(C(=O)Cc2ccc(Cl)cc2)C1. The van der Waals surface area contributed by atoms with E-state index in [0.717, 1.165) is 25.1 Å². The number of amides is 1. The molecule has 1 aromatic carbocycles. The van der Waals surface area contributed by atoms with E-state index in [1.54, 1.807) is 0 Å². The standard InChI is InChI=1S/C13H16ClNOS/c1-17-12-6-7-15(9-12)13(16)8-10-2-4-11(14)5-3-10/h2-5,12H,6-9H2,1H3/t12-/m1/s1. The molecule has 0 radical (unpaired) electrons. The van der Waals surface area contributed by atoms with Crippen LogP contribution in [0.2, 0.25) is 5.02 Å². The molecule has 2 rings (SSSR count). The Bertz CT molecular complexity index is 393. The van der Waals surface area contributed by atoms with Crippen LogP contribution in [0.1, 0.15) is 12.0 Å². The summed E-state index contributed by atoms with van der Waals surface area (Å²) < 4.78 is 0. The molecule has 1 aliphatic heterocycles. The Morgan fingerprint density at radius 3 is 2.76 bits per heavy atom. The second-order valence-corrected chi connectivity index (χ2v) is 5.86. The molecule has 0 bridgehead atoms. The number of carbonyl (C=O) groups is 1. The summed E-state index contributed by atoms with van der Waals surface area (Å²) in [5, 5.41) is 1.33. The highest BCUT2D eigenvalue weighted by Gasteiger charge is 2.25. The van der Waals surface area contributed by atoms with Crippen molar-refractivity contribution in [1.29, 1.82) is 0 Å². The molecule has 2 nitrogen and oxygen atoms in total. The molecule has 0 spiro atoms. The second-order valence-electron chi connectivity index (χ2n) is 4.29. The lowest BCUT2D eigenvalue weighted by Gasteiger charge is -2.16. The molecule has 1 amide bonds. The summed E-state index contributed by atoms with van der Waals surface area (Å²) in [5.41, 5.74) is 1.03. The van der Waals surface area contributed by atoms with E-state index in [0.29, 0.717) is 16.7 Å². The first-order valence-corrected chi connectivity index (χ1v) is 7.40. The molecule has 0 aliphatic carbocycles. The number of hydrogen-bond donors (Lipinski definition) is 0. The second kappa shape index (κ2) is 5.78. The highest BCUT2D eigenvalue weighted by molar-refractivity contribution is 7.99. The average molecular weight is 270 g/mol. The third-order valence-corrected chi connectivity index (χ3v) is 4.40. The fraction of sp³-hybridized carbons (Fsp3) is 0.462. The quantitative estimate of drug-likeness (QED) is 0.841. The fourth-order valence-corrected chi connectivity index (χ4v) is 2.83. The van der Waals surface area contributed by atoms with Crippen molar-refractivity contribution in [2.24, 2.45) is 0 Å². The number of likely N-dealkylation sites (tertiary alicyclic amines) is 1. The van der Waals surface area contributed by atoms with Gasteiger partial charge in [0.25, 0.3) is 0 Å². The number of nitrogens with zero attached hydrogens (tertiary/aromatic N) is 1. The Kier molecular flexibility index (Phi) is 4.35. The predicted octanol–water partition coefficient (Wildman–Crippen LogP) is 2.85. The Morgan fingerprint density at radius 1 is 1.47 bits per heavy atom. The summed E-state index contributed by atoms with van der Waals surface area (Å²) in [6.45, 7) is 1.80. The Labute approximate surface area is 111 Å². The first-order valence-electron chi connectivity index (χ1n) is 5.74. The number of hydrogen-bond acceptors (Lipinski definition) is 2. The molecule has 0 aromatic heterocycles. The van der Waals surface area contributed by atoms with Gasteiger partial charge in [-0.1, -0.05) is 23.7 Å². The van der Waals surface area contributed by atoms with Gasteiger partial charge in [-0.15, -0.1) is 0 Å². The summed E-state index contributed by atoms with van der Waals surface area (Å²) >= 11 is 7.67. The van der Waals surface area contributed by atoms with Crippen molar-refractivity contribution in [2.75, 3.05) is 19.3 Å². The van der Waals surface area contributed by atoms with E-state index in [2.05, 4.69) is 6.26 Å². The van der Waals surface area contributed by atoms with Crippen molar-refractivity contribution in [1.82, 2.24) is 4.90 Å². The van der Waals surface area contributed by atoms with Gasteiger partial charge in [0.2, 0.25) is 5.91 Å². The van der Waals surface area contributed by atoms with E-state index in [4.69, 9.17) is 11.6 Å². The van der Waals surface area contributed by atoms with Crippen LogP contribution in [0, 0.1) is 0 Å². The number of carbonyl (C=O) groups excluding carboxylic acids is 1. The summed E-state index contributed by atoms with van der Waals surface area (Å²) in [6.07, 6.45) is 3.71. The molecule has 1 heterocycles. The van der Waals surface area contributed by atoms with E-state index < -0.39 is 0 Å². The molecule has 0 N–H and O–H groups in total. The molecule has 1 aromatic rings. The van der Waals surface area contributed by atoms with E-state index in [-0.39, 0.29) is 5.91 Å². The highest BCUT2D eigenvalue weighted by Crippen LogP contribution is 2.21. The number of benzene rings is 1. The lowest BCUT2D eigenvalue weighted by molar-refractivity contribution is -0.129. The van der Waals surface area contributed by atoms with Crippen LogP contribution in [0.25, 0.3) is 0 Å². The minimum Gasteiger partial charge on any atom is -0.341 e. The fourth-order valence-electron chi connectivity index (χ4n) is 2.04. The minimum absolute atomic E-state index is 0.226. The van der Waals surface area contributed by atoms with Crippen LogP contribution in [-0.4, -0.2) is 35.4 Å². The first kappa shape index (κ1) is 12.8. The van der Waals surface area contributed by atoms with Gasteiger partial charge in [0.05, 0.1) is 6.42 Å². The molecule has 0 saturated carbocycles. The monoisotopic (exact) mass is 269 g/mol. The summed E-state index contributed by atoms with van der Waals surface area (Å²) in [6, 6.07) is 7.50. The van der Waals surface area contributed by atoms with Gasteiger partial charge in [-0.25, -0.2) is 0 Å². The molecule has 1 atom stereocenters. The van der Waals surface area contributed by atoms with Gasteiger partial charge in [0.15, 0.2) is 0 Å². The molecule has 4 heteroatoms. The van der Waals surface area contributed by atoms with E-state index in [1.807, 2.05) is 40.9 Å². The smallest absolute Gasteiger partial charge is 0.227 e. The van der Waals surface area contributed by atoms with Crippen molar-refractivity contribution >= 4 is 29.3 Å². The average Bonchev–Trinajstić information content (AvgIpc) is 2.81. The van der Waals surface area contributed by atoms with Crippen LogP contribution in [-0.2, 0) is 11.2 Å². The lowest BCUT2D eigenvalue weighted by atomic mass is 10.1. The zero-order valence-corrected chi connectivity index (χ0v) is 11.4. The molecule has 92 valence electrons. The number of halogens is 1. The molecular formula is C13H16ClNOS. The van der Waals surface area contributed by atoms with Crippen molar-refractivity contribution in [3.05, 3.63) is 34.9 Å². The maximum Gasteiger partial charge on any atom is 0.227 e. The maximum absolute atomic E-state index is 12.0. The van der Waals surface area contributed by atoms with Gasteiger partial charge in [-0.3, -0.25) is 4.79 Å². The lowest BCUT2D eigenvalue weighted by Crippen LogP contribution is -2.30. The van der Waals surface area contributed by atoms with Gasteiger partial charge in [0, 0.05) is 23.4 Å². The van der Waals surface area contributed by atoms with Crippen LogP contribution in [0.4, 0.5) is 0 Å². The largest absolute Gasteiger partial charge is 0.341 e. The molecule has 17 heavy (non-hydrogen) atoms. The van der Waals surface area contributed by atoms with Crippen molar-refractivity contribution < 1.29 is 4.79 Å². The zero-order valence-electron chi connectivity index (χ0n) is 9.86. The molecule has 0 unspecified atom stereocenters. The first-order chi connectivity index (χ1) is 8.19. The number of rotatable bonds is 3. The summed E-state index contributed by atoms with van der Waals surface area (Å²) in [4.78, 5) is 14.0. The normalized spacial score (nSPS) is 19.6. The Balaban J connectivity index is 1.91. The highest BCUT2D eigenvalue weighted by atomic mass is 35.5. The molecular weight excluding hydrogens is 254 g/mol. The topological polar surface area (TPSA) is 20.3 Å². The van der Waals surface area contributed by atoms with Crippen LogP contribution in [0.15, 0.2) is 24.3 Å². The maximum atomic E-state index is 12.0. The summed E-state index contributed by atoms with van der Waals surface area (Å²) in [5.74, 6) is 0.226. The zero-order chi connectivity index (χ0) is 12.3. The van der Waals surface area contributed by atoms with E-state index >= 15 is 0 Å². The van der Waals surface area contributed by atoms with Gasteiger partial charge >= 0.3 is 0 Å². The molecule has 1 fully saturated rings. The van der Waals surface area contributed by atoms with Gasteiger partial charge in [0.1, 0.15) is 0 Å². The molecule has 1 saturated heterocycles. The van der Waals surface area contributed by atoms with Gasteiger partial charge in [-0.2, -0.15) is 11.8 Å². The molecule has 1 aliphatic rings. The van der Waals surface area contributed by atoms with Crippen LogP contribution in [0.3, 0.4) is 0 Å². The van der Waals surface area contributed by atoms with E-state index in [1.165, 1.54) is 0 Å². The van der Waals surface area contributed by atoms with Gasteiger partial charge in [-0.05, 0) is 30.4 Å². The Hall–Kier alpha value is -0.670. The van der Waals surface area contributed by atoms with Crippen LogP contribution >= 0.6 is 23.4 Å². The van der Waals surface area contributed by atoms with Crippen LogP contribution in [0.5, 0.6) is 0 Å². The van der Waals surface area contributed by atoms with Gasteiger partial charge < -0.3 is 4.90 Å². The minimum atomic E-state index is 0.226. The third-order valence-electron chi connectivity index (χ3n) is 3.10. The number of thioether (sulfide) groups is 1. The van der Waals surface area contributed by atoms with Crippen molar-refractivity contribution in [3.63, 3.8) is 0 Å². The third kappa shape index (κ3) is 3.39. The van der Waals surface area contributed by atoms with Crippen LogP contribution < -0.4 is 0 Å².